The molecule has 3 heterocycles. The van der Waals surface area contributed by atoms with Crippen molar-refractivity contribution in [3.63, 3.8) is 0 Å². The van der Waals surface area contributed by atoms with Crippen LogP contribution >= 0.6 is 0 Å². The average Bonchev–Trinajstić information content (AvgIpc) is 3.62. The fraction of sp³-hybridized carbons (Fsp3) is 0.300. The van der Waals surface area contributed by atoms with Crippen LogP contribution in [0.1, 0.15) is 85.5 Å². The van der Waals surface area contributed by atoms with E-state index in [0.29, 0.717) is 25.0 Å². The van der Waals surface area contributed by atoms with Crippen molar-refractivity contribution < 1.29 is 24.2 Å². The monoisotopic (exact) mass is 539 g/mol. The molecule has 0 saturated heterocycles. The fourth-order valence-corrected chi connectivity index (χ4v) is 5.73. The Morgan fingerprint density at radius 1 is 1.12 bits per heavy atom. The first-order valence-corrected chi connectivity index (χ1v) is 13.2. The van der Waals surface area contributed by atoms with Crippen molar-refractivity contribution in [3.05, 3.63) is 93.4 Å². The number of carboxylic acids is 1. The van der Waals surface area contributed by atoms with Crippen LogP contribution in [-0.4, -0.2) is 43.1 Å². The summed E-state index contributed by atoms with van der Waals surface area (Å²) in [5, 5.41) is 19.6. The van der Waals surface area contributed by atoms with E-state index in [0.717, 1.165) is 40.0 Å². The van der Waals surface area contributed by atoms with Crippen molar-refractivity contribution in [3.8, 4) is 5.75 Å². The lowest BCUT2D eigenvalue weighted by Gasteiger charge is -2.16. The van der Waals surface area contributed by atoms with Gasteiger partial charge in [0, 0.05) is 25.1 Å². The molecule has 0 unspecified atom stereocenters. The Morgan fingerprint density at radius 2 is 1.95 bits per heavy atom. The molecule has 6 rings (SSSR count). The Hall–Kier alpha value is -4.73. The third-order valence-corrected chi connectivity index (χ3v) is 7.63. The second-order valence-corrected chi connectivity index (χ2v) is 11.0. The van der Waals surface area contributed by atoms with Crippen LogP contribution in [0.4, 0.5) is 0 Å². The molecule has 4 aromatic rings. The third-order valence-electron chi connectivity index (χ3n) is 7.63. The van der Waals surface area contributed by atoms with Crippen molar-refractivity contribution in [1.82, 2.24) is 25.2 Å². The first-order chi connectivity index (χ1) is 19.1. The highest BCUT2D eigenvalue weighted by molar-refractivity contribution is 5.98. The predicted molar refractivity (Wildman–Crippen MR) is 146 cm³/mol. The highest BCUT2D eigenvalue weighted by Crippen LogP contribution is 2.36. The molecule has 0 bridgehead atoms. The number of aromatic nitrogens is 3. The van der Waals surface area contributed by atoms with Gasteiger partial charge in [-0.1, -0.05) is 18.2 Å². The summed E-state index contributed by atoms with van der Waals surface area (Å²) in [5.74, 6) is -0.904. The van der Waals surface area contributed by atoms with E-state index in [4.69, 9.17) is 4.74 Å². The van der Waals surface area contributed by atoms with Gasteiger partial charge in [-0.2, -0.15) is 5.10 Å². The highest BCUT2D eigenvalue weighted by Gasteiger charge is 2.30. The maximum Gasteiger partial charge on any atom is 0.335 e. The molecule has 2 aliphatic rings. The van der Waals surface area contributed by atoms with Gasteiger partial charge in [-0.25, -0.2) is 14.3 Å². The van der Waals surface area contributed by atoms with Crippen molar-refractivity contribution in [2.45, 2.75) is 58.2 Å². The number of nitrogens with one attached hydrogen (secondary N) is 2. The van der Waals surface area contributed by atoms with E-state index in [1.54, 1.807) is 25.1 Å². The Kier molecular flexibility index (Phi) is 6.05. The summed E-state index contributed by atoms with van der Waals surface area (Å²) >= 11 is 0. The highest BCUT2D eigenvalue weighted by atomic mass is 16.5. The van der Waals surface area contributed by atoms with Crippen LogP contribution in [0.25, 0.3) is 5.65 Å². The molecule has 1 aliphatic carbocycles. The van der Waals surface area contributed by atoms with E-state index in [1.165, 1.54) is 16.8 Å². The molecule has 2 aromatic heterocycles. The van der Waals surface area contributed by atoms with Crippen molar-refractivity contribution >= 4 is 23.4 Å². The normalized spacial score (nSPS) is 16.7. The van der Waals surface area contributed by atoms with E-state index >= 15 is 0 Å². The van der Waals surface area contributed by atoms with Gasteiger partial charge in [0.2, 0.25) is 0 Å². The molecule has 10 nitrogen and oxygen atoms in total. The molecule has 1 atom stereocenters. The van der Waals surface area contributed by atoms with E-state index < -0.39 is 17.8 Å². The maximum atomic E-state index is 13.5. The third kappa shape index (κ3) is 4.55. The molecule has 2 aromatic carbocycles. The Bertz CT molecular complexity index is 1710. The van der Waals surface area contributed by atoms with E-state index in [1.807, 2.05) is 32.0 Å². The van der Waals surface area contributed by atoms with Gasteiger partial charge in [0.25, 0.3) is 11.8 Å². The Morgan fingerprint density at radius 3 is 2.75 bits per heavy atom. The number of amides is 2. The largest absolute Gasteiger partial charge is 0.487 e. The number of ether oxygens (including phenoxy) is 1. The minimum atomic E-state index is -0.967. The number of carboxylic acid groups (broad SMARTS) is 1. The van der Waals surface area contributed by atoms with Crippen molar-refractivity contribution in [2.75, 3.05) is 0 Å². The van der Waals surface area contributed by atoms with Gasteiger partial charge in [0.1, 0.15) is 22.7 Å². The molecule has 3 N–H and O–H groups in total. The molecule has 0 radical (unpaired) electrons. The van der Waals surface area contributed by atoms with Gasteiger partial charge in [0.15, 0.2) is 5.65 Å². The number of carbonyl (C=O) groups excluding carboxylic acids is 2. The number of carbonyl (C=O) groups is 3. The zero-order chi connectivity index (χ0) is 28.2. The Balaban J connectivity index is 1.20. The quantitative estimate of drug-likeness (QED) is 0.339. The van der Waals surface area contributed by atoms with Crippen LogP contribution in [0.5, 0.6) is 5.75 Å². The number of hydrogen-bond acceptors (Lipinski definition) is 6. The fourth-order valence-electron chi connectivity index (χ4n) is 5.73. The number of fused-ring (bicyclic) bond motifs is 3. The molecule has 10 heteroatoms. The van der Waals surface area contributed by atoms with Gasteiger partial charge in [-0.05, 0) is 73.6 Å². The first kappa shape index (κ1) is 25.5. The second-order valence-electron chi connectivity index (χ2n) is 11.0. The maximum absolute atomic E-state index is 13.5. The molecular weight excluding hydrogens is 510 g/mol. The van der Waals surface area contributed by atoms with Crippen molar-refractivity contribution in [2.24, 2.45) is 0 Å². The molecule has 2 amide bonds. The molecule has 1 aliphatic heterocycles. The van der Waals surface area contributed by atoms with Gasteiger partial charge in [-0.15, -0.1) is 0 Å². The zero-order valence-corrected chi connectivity index (χ0v) is 22.4. The summed E-state index contributed by atoms with van der Waals surface area (Å²) in [6, 6.07) is 12.0. The minimum Gasteiger partial charge on any atom is -0.487 e. The number of nitrogens with zero attached hydrogens (tertiary/aromatic N) is 3. The lowest BCUT2D eigenvalue weighted by molar-refractivity contribution is 0.0695. The smallest absolute Gasteiger partial charge is 0.335 e. The molecular formula is C30H29N5O5. The van der Waals surface area contributed by atoms with Crippen LogP contribution in [-0.2, 0) is 19.4 Å². The van der Waals surface area contributed by atoms with E-state index in [2.05, 4.69) is 20.7 Å². The summed E-state index contributed by atoms with van der Waals surface area (Å²) in [4.78, 5) is 42.5. The van der Waals surface area contributed by atoms with Crippen LogP contribution in [0.15, 0.2) is 48.7 Å². The van der Waals surface area contributed by atoms with Gasteiger partial charge < -0.3 is 20.5 Å². The summed E-state index contributed by atoms with van der Waals surface area (Å²) in [7, 11) is 0. The second kappa shape index (κ2) is 9.48. The number of benzene rings is 2. The molecule has 204 valence electrons. The summed E-state index contributed by atoms with van der Waals surface area (Å²) in [5.41, 5.74) is 5.33. The number of aromatic carboxylic acids is 1. The average molecular weight is 540 g/mol. The summed E-state index contributed by atoms with van der Waals surface area (Å²) in [6.45, 7) is 6.19. The lowest BCUT2D eigenvalue weighted by atomic mass is 9.98. The van der Waals surface area contributed by atoms with Crippen LogP contribution < -0.4 is 15.4 Å². The molecule has 40 heavy (non-hydrogen) atoms. The minimum absolute atomic E-state index is 0.109. The molecule has 0 saturated carbocycles. The predicted octanol–water partition coefficient (Wildman–Crippen LogP) is 3.80. The number of rotatable bonds is 6. The number of hydrogen-bond donors (Lipinski definition) is 3. The van der Waals surface area contributed by atoms with Gasteiger partial charge in [0.05, 0.1) is 17.8 Å². The summed E-state index contributed by atoms with van der Waals surface area (Å²) < 4.78 is 7.34. The van der Waals surface area contributed by atoms with Crippen LogP contribution in [0.3, 0.4) is 0 Å². The summed E-state index contributed by atoms with van der Waals surface area (Å²) in [6.07, 6.45) is 3.64. The van der Waals surface area contributed by atoms with Gasteiger partial charge in [-0.3, -0.25) is 9.59 Å². The lowest BCUT2D eigenvalue weighted by Crippen LogP contribution is -2.30. The van der Waals surface area contributed by atoms with Crippen molar-refractivity contribution in [1.29, 1.82) is 0 Å². The van der Waals surface area contributed by atoms with E-state index in [9.17, 15) is 19.5 Å². The first-order valence-electron chi connectivity index (χ1n) is 13.2. The molecule has 0 spiro atoms. The van der Waals surface area contributed by atoms with Crippen LogP contribution in [0, 0.1) is 6.92 Å². The SMILES string of the molecule is Cc1c(C(=O)O)ccc2c1CC[C@@H]2NC(=O)c1cc(C(=O)NCc2ccc3c(c2)CC(C)(C)O3)nc2ccnn12. The van der Waals surface area contributed by atoms with Crippen LogP contribution in [0.2, 0.25) is 0 Å². The topological polar surface area (TPSA) is 135 Å². The van der Waals surface area contributed by atoms with E-state index in [-0.39, 0.29) is 28.6 Å². The Labute approximate surface area is 230 Å². The zero-order valence-electron chi connectivity index (χ0n) is 22.4. The molecule has 0 fully saturated rings. The standard InChI is InChI=1S/C30H29N5O5/c1-16-19-7-8-22(21(19)6-5-20(16)29(38)39)34-28(37)24-13-23(33-26-10-11-32-35(24)26)27(36)31-15-17-4-9-25-18(12-17)14-30(2,3)40-25/h4-6,9-13,22H,7-8,14-15H2,1-3H3,(H,31,36)(H,34,37)(H,38,39)/t22-/m0/s1. The van der Waals surface area contributed by atoms with Gasteiger partial charge >= 0.3 is 5.97 Å².